The van der Waals surface area contributed by atoms with Crippen LogP contribution in [-0.4, -0.2) is 49.3 Å². The van der Waals surface area contributed by atoms with Crippen molar-refractivity contribution in [2.45, 2.75) is 31.2 Å². The highest BCUT2D eigenvalue weighted by Crippen LogP contribution is 2.23. The van der Waals surface area contributed by atoms with Gasteiger partial charge in [0.15, 0.2) is 0 Å². The Morgan fingerprint density at radius 1 is 1.50 bits per heavy atom. The van der Waals surface area contributed by atoms with Gasteiger partial charge < -0.3 is 5.32 Å². The molecule has 1 unspecified atom stereocenters. The van der Waals surface area contributed by atoms with E-state index in [2.05, 4.69) is 10.3 Å². The van der Waals surface area contributed by atoms with E-state index in [1.165, 1.54) is 4.31 Å². The van der Waals surface area contributed by atoms with E-state index in [4.69, 9.17) is 0 Å². The monoisotopic (exact) mass is 317 g/mol. The van der Waals surface area contributed by atoms with Crippen LogP contribution in [0.2, 0.25) is 0 Å². The summed E-state index contributed by atoms with van der Waals surface area (Å²) >= 11 is 1.72. The highest BCUT2D eigenvalue weighted by atomic mass is 32.2. The van der Waals surface area contributed by atoms with Crippen molar-refractivity contribution < 1.29 is 8.42 Å². The fourth-order valence-corrected chi connectivity index (χ4v) is 3.85. The normalized spacial score (nSPS) is 13.4. The summed E-state index contributed by atoms with van der Waals surface area (Å²) in [5.41, 5.74) is 0. The molecule has 0 spiro atoms. The number of sulfonamides is 1. The molecule has 1 N–H and O–H groups in total. The van der Waals surface area contributed by atoms with Gasteiger partial charge in [0.25, 0.3) is 0 Å². The van der Waals surface area contributed by atoms with Crippen molar-refractivity contribution in [1.82, 2.24) is 9.29 Å². The smallest absolute Gasteiger partial charge is 0.246 e. The lowest BCUT2D eigenvalue weighted by Crippen LogP contribution is -2.36. The molecule has 0 radical (unpaired) electrons. The Bertz CT molecular complexity index is 520. The Labute approximate surface area is 126 Å². The first-order chi connectivity index (χ1) is 9.45. The predicted molar refractivity (Wildman–Crippen MR) is 85.8 cm³/mol. The average molecular weight is 317 g/mol. The van der Waals surface area contributed by atoms with Gasteiger partial charge in [0.05, 0.1) is 0 Å². The maximum Gasteiger partial charge on any atom is 0.246 e. The summed E-state index contributed by atoms with van der Waals surface area (Å²) in [7, 11) is -1.89. The fraction of sp³-hybridized carbons (Fsp3) is 0.615. The van der Waals surface area contributed by atoms with Gasteiger partial charge in [0.2, 0.25) is 10.0 Å². The van der Waals surface area contributed by atoms with Crippen LogP contribution < -0.4 is 5.32 Å². The molecule has 0 aliphatic rings. The van der Waals surface area contributed by atoms with Crippen LogP contribution in [-0.2, 0) is 10.0 Å². The van der Waals surface area contributed by atoms with Crippen molar-refractivity contribution >= 4 is 27.6 Å². The third-order valence-corrected chi connectivity index (χ3v) is 5.78. The molecule has 20 heavy (non-hydrogen) atoms. The second kappa shape index (κ2) is 7.85. The molecule has 0 aromatic carbocycles. The number of hydrogen-bond acceptors (Lipinski definition) is 5. The quantitative estimate of drug-likeness (QED) is 0.797. The van der Waals surface area contributed by atoms with Crippen molar-refractivity contribution in [2.24, 2.45) is 0 Å². The zero-order valence-corrected chi connectivity index (χ0v) is 14.1. The Morgan fingerprint density at radius 3 is 2.80 bits per heavy atom. The second-order valence-electron chi connectivity index (χ2n) is 4.53. The SMILES string of the molecule is CCNc1ncccc1S(=O)(=O)N(C)C(C)CCSC. The van der Waals surface area contributed by atoms with Crippen LogP contribution in [0.5, 0.6) is 0 Å². The lowest BCUT2D eigenvalue weighted by molar-refractivity contribution is 0.382. The van der Waals surface area contributed by atoms with Gasteiger partial charge in [-0.05, 0) is 44.4 Å². The number of nitrogens with zero attached hydrogens (tertiary/aromatic N) is 2. The van der Waals surface area contributed by atoms with Crippen LogP contribution in [0.4, 0.5) is 5.82 Å². The van der Waals surface area contributed by atoms with Gasteiger partial charge >= 0.3 is 0 Å². The van der Waals surface area contributed by atoms with Crippen molar-refractivity contribution in [3.05, 3.63) is 18.3 Å². The van der Waals surface area contributed by atoms with Crippen LogP contribution >= 0.6 is 11.8 Å². The minimum absolute atomic E-state index is 0.0397. The third kappa shape index (κ3) is 4.10. The highest BCUT2D eigenvalue weighted by Gasteiger charge is 2.27. The van der Waals surface area contributed by atoms with Crippen LogP contribution in [0, 0.1) is 0 Å². The molecule has 1 rings (SSSR count). The van der Waals surface area contributed by atoms with Crippen LogP contribution in [0.3, 0.4) is 0 Å². The van der Waals surface area contributed by atoms with Gasteiger partial charge in [-0.1, -0.05) is 0 Å². The molecule has 0 fully saturated rings. The Balaban J connectivity index is 3.03. The lowest BCUT2D eigenvalue weighted by Gasteiger charge is -2.25. The third-order valence-electron chi connectivity index (χ3n) is 3.13. The molecule has 0 aliphatic heterocycles. The number of rotatable bonds is 8. The van der Waals surface area contributed by atoms with Gasteiger partial charge in [0, 0.05) is 25.8 Å². The summed E-state index contributed by atoms with van der Waals surface area (Å²) in [5.74, 6) is 1.35. The predicted octanol–water partition coefficient (Wildman–Crippen LogP) is 2.28. The van der Waals surface area contributed by atoms with Crippen LogP contribution in [0.15, 0.2) is 23.2 Å². The first kappa shape index (κ1) is 17.3. The molecular weight excluding hydrogens is 294 g/mol. The summed E-state index contributed by atoms with van der Waals surface area (Å²) in [6, 6.07) is 3.20. The van der Waals surface area contributed by atoms with Crippen molar-refractivity contribution in [3.8, 4) is 0 Å². The topological polar surface area (TPSA) is 62.3 Å². The Morgan fingerprint density at radius 2 is 2.20 bits per heavy atom. The molecule has 0 bridgehead atoms. The van der Waals surface area contributed by atoms with E-state index in [-0.39, 0.29) is 10.9 Å². The number of thioether (sulfide) groups is 1. The molecule has 0 amide bonds. The van der Waals surface area contributed by atoms with E-state index in [1.54, 1.807) is 37.1 Å². The summed E-state index contributed by atoms with van der Waals surface area (Å²) in [6.07, 6.45) is 4.44. The van der Waals surface area contributed by atoms with Gasteiger partial charge in [0.1, 0.15) is 10.7 Å². The fourth-order valence-electron chi connectivity index (χ4n) is 1.76. The molecule has 5 nitrogen and oxygen atoms in total. The molecule has 0 saturated heterocycles. The number of anilines is 1. The lowest BCUT2D eigenvalue weighted by atomic mass is 10.3. The summed E-state index contributed by atoms with van der Waals surface area (Å²) < 4.78 is 26.8. The molecule has 1 aromatic heterocycles. The minimum atomic E-state index is -3.52. The number of hydrogen-bond donors (Lipinski definition) is 1. The van der Waals surface area contributed by atoms with E-state index in [0.717, 1.165) is 12.2 Å². The molecule has 114 valence electrons. The average Bonchev–Trinajstić information content (AvgIpc) is 2.44. The number of pyridine rings is 1. The highest BCUT2D eigenvalue weighted by molar-refractivity contribution is 7.98. The summed E-state index contributed by atoms with van der Waals surface area (Å²) in [6.45, 7) is 4.47. The molecule has 0 aliphatic carbocycles. The molecule has 7 heteroatoms. The van der Waals surface area contributed by atoms with Crippen molar-refractivity contribution in [2.75, 3.05) is 30.9 Å². The maximum absolute atomic E-state index is 12.7. The Hall–Kier alpha value is -0.790. The van der Waals surface area contributed by atoms with Crippen LogP contribution in [0.25, 0.3) is 0 Å². The van der Waals surface area contributed by atoms with Crippen LogP contribution in [0.1, 0.15) is 20.3 Å². The Kier molecular flexibility index (Phi) is 6.78. The second-order valence-corrected chi connectivity index (χ2v) is 7.48. The largest absolute Gasteiger partial charge is 0.369 e. The maximum atomic E-state index is 12.7. The van der Waals surface area contributed by atoms with E-state index in [1.807, 2.05) is 20.1 Å². The minimum Gasteiger partial charge on any atom is -0.369 e. The number of aromatic nitrogens is 1. The summed E-state index contributed by atoms with van der Waals surface area (Å²) in [5, 5.41) is 3.00. The molecule has 1 heterocycles. The standard InChI is InChI=1S/C13H23N3O2S2/c1-5-14-13-12(7-6-9-15-13)20(17,18)16(3)11(2)8-10-19-4/h6-7,9,11H,5,8,10H2,1-4H3,(H,14,15). The molecule has 0 saturated carbocycles. The zero-order chi connectivity index (χ0) is 15.2. The first-order valence-corrected chi connectivity index (χ1v) is 9.44. The molecular formula is C13H23N3O2S2. The first-order valence-electron chi connectivity index (χ1n) is 6.61. The van der Waals surface area contributed by atoms with E-state index in [0.29, 0.717) is 12.4 Å². The van der Waals surface area contributed by atoms with E-state index in [9.17, 15) is 8.42 Å². The number of nitrogens with one attached hydrogen (secondary N) is 1. The van der Waals surface area contributed by atoms with E-state index >= 15 is 0 Å². The van der Waals surface area contributed by atoms with E-state index < -0.39 is 10.0 Å². The van der Waals surface area contributed by atoms with Gasteiger partial charge in [-0.15, -0.1) is 0 Å². The summed E-state index contributed by atoms with van der Waals surface area (Å²) in [4.78, 5) is 4.35. The van der Waals surface area contributed by atoms with Crippen molar-refractivity contribution in [3.63, 3.8) is 0 Å². The zero-order valence-electron chi connectivity index (χ0n) is 12.5. The van der Waals surface area contributed by atoms with Gasteiger partial charge in [-0.3, -0.25) is 0 Å². The molecule has 1 atom stereocenters. The van der Waals surface area contributed by atoms with Crippen molar-refractivity contribution in [1.29, 1.82) is 0 Å². The van der Waals surface area contributed by atoms with Gasteiger partial charge in [-0.25, -0.2) is 13.4 Å². The van der Waals surface area contributed by atoms with Gasteiger partial charge in [-0.2, -0.15) is 16.1 Å². The molecule has 1 aromatic rings.